The number of alkyl halides is 1. The smallest absolute Gasteiger partial charge is 0.293 e. The predicted molar refractivity (Wildman–Crippen MR) is 141 cm³/mol. The van der Waals surface area contributed by atoms with E-state index in [1.165, 1.54) is 10.4 Å². The fourth-order valence-corrected chi connectivity index (χ4v) is 10.1. The summed E-state index contributed by atoms with van der Waals surface area (Å²) in [6.07, 6.45) is 4.19. The molecule has 2 aromatic carbocycles. The Morgan fingerprint density at radius 2 is 1.53 bits per heavy atom. The van der Waals surface area contributed by atoms with Crippen LogP contribution < -0.4 is 10.4 Å². The maximum absolute atomic E-state index is 10.8. The number of carbonyl (C=O) groups is 1. The van der Waals surface area contributed by atoms with E-state index < -0.39 is 8.32 Å². The second kappa shape index (κ2) is 11.8. The Morgan fingerprint density at radius 1 is 0.969 bits per heavy atom. The lowest BCUT2D eigenvalue weighted by molar-refractivity contribution is -0.136. The molecule has 3 atom stereocenters. The molecular weight excluding hydrogens is 531 g/mol. The number of hydrogen-bond acceptors (Lipinski definition) is 4. The molecule has 1 saturated heterocycles. The van der Waals surface area contributed by atoms with Crippen LogP contribution in [0.2, 0.25) is 5.04 Å². The summed E-state index contributed by atoms with van der Waals surface area (Å²) >= 11 is 2.43. The Hall–Kier alpha value is -1.22. The lowest BCUT2D eigenvalue weighted by atomic mass is 10.0. The van der Waals surface area contributed by atoms with Gasteiger partial charge in [-0.3, -0.25) is 4.79 Å². The van der Waals surface area contributed by atoms with Gasteiger partial charge in [0.1, 0.15) is 12.7 Å². The first-order valence-electron chi connectivity index (χ1n) is 11.5. The topological polar surface area (TPSA) is 44.8 Å². The molecule has 174 valence electrons. The molecule has 2 aromatic rings. The third-order valence-electron chi connectivity index (χ3n) is 6.26. The summed E-state index contributed by atoms with van der Waals surface area (Å²) in [5.41, 5.74) is 0. The Balaban J connectivity index is 1.92. The summed E-state index contributed by atoms with van der Waals surface area (Å²) in [6.45, 7) is 8.22. The van der Waals surface area contributed by atoms with Gasteiger partial charge in [0.25, 0.3) is 14.8 Å². The van der Waals surface area contributed by atoms with Crippen molar-refractivity contribution < 1.29 is 18.7 Å². The Bertz CT molecular complexity index is 785. The first-order chi connectivity index (χ1) is 15.4. The van der Waals surface area contributed by atoms with Crippen molar-refractivity contribution in [2.45, 2.75) is 67.6 Å². The number of benzene rings is 2. The van der Waals surface area contributed by atoms with E-state index in [0.29, 0.717) is 23.6 Å². The standard InChI is InChI=1S/C26H35IO4Si/c1-26(2,3)32(22-13-6-4-7-14-22,23-15-8-5-9-16-23)30-18-21-12-10-11-17-24(27)25(31-21)19-29-20-28/h4-9,13-16,20-21,24-25H,10-12,17-19H2,1-3H3/t21-,24?,25-/m0/s1. The molecule has 0 bridgehead atoms. The summed E-state index contributed by atoms with van der Waals surface area (Å²) in [7, 11) is -2.60. The van der Waals surface area contributed by atoms with Gasteiger partial charge in [0.15, 0.2) is 0 Å². The molecule has 1 aliphatic heterocycles. The molecule has 1 heterocycles. The second-order valence-electron chi connectivity index (χ2n) is 9.50. The van der Waals surface area contributed by atoms with Crippen LogP contribution in [0.4, 0.5) is 0 Å². The van der Waals surface area contributed by atoms with Crippen LogP contribution >= 0.6 is 22.6 Å². The normalized spacial score (nSPS) is 22.6. The molecule has 1 unspecified atom stereocenters. The van der Waals surface area contributed by atoms with Crippen LogP contribution in [-0.2, 0) is 18.7 Å². The van der Waals surface area contributed by atoms with Crippen molar-refractivity contribution in [3.8, 4) is 0 Å². The van der Waals surface area contributed by atoms with E-state index in [4.69, 9.17) is 13.9 Å². The monoisotopic (exact) mass is 566 g/mol. The van der Waals surface area contributed by atoms with Gasteiger partial charge in [0, 0.05) is 3.92 Å². The SMILES string of the molecule is CC(C)(C)[Si](OC[C@@H]1CCCCC(I)[C@H](COC=O)O1)(c1ccccc1)c1ccccc1. The van der Waals surface area contributed by atoms with E-state index in [2.05, 4.69) is 104 Å². The third kappa shape index (κ3) is 6.01. The van der Waals surface area contributed by atoms with Gasteiger partial charge >= 0.3 is 0 Å². The quantitative estimate of drug-likeness (QED) is 0.198. The molecular formula is C26H35IO4Si. The summed E-state index contributed by atoms with van der Waals surface area (Å²) in [5.74, 6) is 0. The van der Waals surface area contributed by atoms with Crippen molar-refractivity contribution in [3.05, 3.63) is 60.7 Å². The van der Waals surface area contributed by atoms with Crippen molar-refractivity contribution in [1.29, 1.82) is 0 Å². The number of hydrogen-bond donors (Lipinski definition) is 0. The fraction of sp³-hybridized carbons (Fsp3) is 0.500. The van der Waals surface area contributed by atoms with Gasteiger partial charge in [-0.1, -0.05) is 117 Å². The molecule has 1 aliphatic rings. The minimum atomic E-state index is -2.60. The highest BCUT2D eigenvalue weighted by atomic mass is 127. The van der Waals surface area contributed by atoms with Gasteiger partial charge in [-0.05, 0) is 28.3 Å². The molecule has 3 rings (SSSR count). The Labute approximate surface area is 207 Å². The third-order valence-corrected chi connectivity index (χ3v) is 12.7. The first-order valence-corrected chi connectivity index (χ1v) is 14.6. The van der Waals surface area contributed by atoms with Crippen molar-refractivity contribution in [1.82, 2.24) is 0 Å². The highest BCUT2D eigenvalue weighted by Gasteiger charge is 2.50. The van der Waals surface area contributed by atoms with Crippen molar-refractivity contribution in [3.63, 3.8) is 0 Å². The molecule has 0 amide bonds. The van der Waals surface area contributed by atoms with Gasteiger partial charge < -0.3 is 13.9 Å². The van der Waals surface area contributed by atoms with Crippen LogP contribution in [0.5, 0.6) is 0 Å². The zero-order valence-electron chi connectivity index (χ0n) is 19.3. The molecule has 0 spiro atoms. The fourth-order valence-electron chi connectivity index (χ4n) is 4.68. The number of rotatable bonds is 8. The van der Waals surface area contributed by atoms with E-state index in [0.717, 1.165) is 25.7 Å². The van der Waals surface area contributed by atoms with Gasteiger partial charge in [-0.2, -0.15) is 0 Å². The number of carbonyl (C=O) groups excluding carboxylic acids is 1. The average Bonchev–Trinajstić information content (AvgIpc) is 2.78. The molecule has 4 nitrogen and oxygen atoms in total. The lowest BCUT2D eigenvalue weighted by Gasteiger charge is -2.44. The van der Waals surface area contributed by atoms with Crippen molar-refractivity contribution >= 4 is 47.8 Å². The molecule has 1 fully saturated rings. The van der Waals surface area contributed by atoms with Crippen LogP contribution in [0.25, 0.3) is 0 Å². The van der Waals surface area contributed by atoms with Crippen LogP contribution in [-0.4, -0.2) is 44.1 Å². The summed E-state index contributed by atoms with van der Waals surface area (Å²) in [6, 6.07) is 21.4. The Kier molecular flexibility index (Phi) is 9.34. The van der Waals surface area contributed by atoms with Crippen LogP contribution in [0.1, 0.15) is 46.5 Å². The van der Waals surface area contributed by atoms with Crippen LogP contribution in [0.3, 0.4) is 0 Å². The minimum absolute atomic E-state index is 0.0190. The molecule has 0 N–H and O–H groups in total. The molecule has 0 saturated carbocycles. The van der Waals surface area contributed by atoms with Gasteiger partial charge in [-0.15, -0.1) is 0 Å². The highest BCUT2D eigenvalue weighted by molar-refractivity contribution is 14.1. The molecule has 0 aliphatic carbocycles. The molecule has 6 heteroatoms. The van der Waals surface area contributed by atoms with Crippen molar-refractivity contribution in [2.75, 3.05) is 13.2 Å². The second-order valence-corrected chi connectivity index (χ2v) is 15.4. The Morgan fingerprint density at radius 3 is 2.06 bits per heavy atom. The van der Waals surface area contributed by atoms with E-state index >= 15 is 0 Å². The maximum atomic E-state index is 10.8. The van der Waals surface area contributed by atoms with E-state index in [1.54, 1.807) is 0 Å². The average molecular weight is 567 g/mol. The summed E-state index contributed by atoms with van der Waals surface area (Å²) < 4.78 is 19.0. The lowest BCUT2D eigenvalue weighted by Crippen LogP contribution is -2.67. The highest BCUT2D eigenvalue weighted by Crippen LogP contribution is 2.37. The molecule has 0 radical (unpaired) electrons. The predicted octanol–water partition coefficient (Wildman–Crippen LogP) is 4.87. The first kappa shape index (κ1) is 25.4. The van der Waals surface area contributed by atoms with Gasteiger partial charge in [-0.25, -0.2) is 0 Å². The van der Waals surface area contributed by atoms with Crippen molar-refractivity contribution in [2.24, 2.45) is 0 Å². The van der Waals surface area contributed by atoms with E-state index in [9.17, 15) is 4.79 Å². The minimum Gasteiger partial charge on any atom is -0.465 e. The van der Waals surface area contributed by atoms with Crippen LogP contribution in [0.15, 0.2) is 60.7 Å². The van der Waals surface area contributed by atoms with E-state index in [1.807, 2.05) is 0 Å². The molecule has 32 heavy (non-hydrogen) atoms. The maximum Gasteiger partial charge on any atom is 0.293 e. The van der Waals surface area contributed by atoms with Gasteiger partial charge in [0.05, 0.1) is 12.7 Å². The number of ether oxygens (including phenoxy) is 2. The van der Waals surface area contributed by atoms with Gasteiger partial charge in [0.2, 0.25) is 0 Å². The van der Waals surface area contributed by atoms with E-state index in [-0.39, 0.29) is 17.2 Å². The summed E-state index contributed by atoms with van der Waals surface area (Å²) in [5, 5.41) is 2.48. The number of halogens is 1. The molecule has 0 aromatic heterocycles. The largest absolute Gasteiger partial charge is 0.465 e. The van der Waals surface area contributed by atoms with Crippen LogP contribution in [0, 0.1) is 0 Å². The zero-order chi connectivity index (χ0) is 23.0. The summed E-state index contributed by atoms with van der Waals surface area (Å²) in [4.78, 5) is 10.8. The zero-order valence-corrected chi connectivity index (χ0v) is 22.5.